The Kier molecular flexibility index (Phi) is 6.78. The van der Waals surface area contributed by atoms with Gasteiger partial charge in [0.05, 0.1) is 21.2 Å². The molecule has 0 amide bonds. The minimum atomic E-state index is -2.63. The first-order valence-corrected chi connectivity index (χ1v) is 11.8. The molecule has 1 saturated heterocycles. The minimum absolute atomic E-state index is 0.202. The number of imidazole rings is 1. The van der Waals surface area contributed by atoms with Crippen molar-refractivity contribution in [2.24, 2.45) is 0 Å². The lowest BCUT2D eigenvalue weighted by Gasteiger charge is -2.34. The molecule has 0 spiro atoms. The van der Waals surface area contributed by atoms with E-state index < -0.39 is 5.92 Å². The van der Waals surface area contributed by atoms with Crippen LogP contribution >= 0.6 is 23.2 Å². The van der Waals surface area contributed by atoms with Crippen molar-refractivity contribution in [1.29, 1.82) is 0 Å². The summed E-state index contributed by atoms with van der Waals surface area (Å²) in [6.45, 7) is 4.66. The van der Waals surface area contributed by atoms with Crippen molar-refractivity contribution in [2.45, 2.75) is 51.4 Å². The number of alkyl halides is 2. The van der Waals surface area contributed by atoms with Crippen LogP contribution in [0.2, 0.25) is 10.0 Å². The number of anilines is 1. The highest BCUT2D eigenvalue weighted by atomic mass is 35.5. The lowest BCUT2D eigenvalue weighted by molar-refractivity contribution is -0.0220. The van der Waals surface area contributed by atoms with Crippen LogP contribution in [0, 0.1) is 0 Å². The molecule has 1 aliphatic rings. The minimum Gasteiger partial charge on any atom is -0.369 e. The summed E-state index contributed by atoms with van der Waals surface area (Å²) in [5, 5.41) is 0.856. The second-order valence-corrected chi connectivity index (χ2v) is 9.19. The fraction of sp³-hybridized carbons (Fsp3) is 0.400. The Morgan fingerprint density at radius 3 is 2.50 bits per heavy atom. The van der Waals surface area contributed by atoms with Gasteiger partial charge in [-0.15, -0.1) is 0 Å². The highest BCUT2D eigenvalue weighted by Crippen LogP contribution is 2.41. The number of rotatable bonds is 6. The number of allylic oxidation sites excluding steroid dienone is 2. The zero-order valence-corrected chi connectivity index (χ0v) is 19.8. The summed E-state index contributed by atoms with van der Waals surface area (Å²) in [7, 11) is 0. The Hall–Kier alpha value is -2.11. The van der Waals surface area contributed by atoms with E-state index in [1.807, 2.05) is 11.8 Å². The van der Waals surface area contributed by atoms with Crippen molar-refractivity contribution >= 4 is 39.9 Å². The summed E-state index contributed by atoms with van der Waals surface area (Å²) in [5.74, 6) is -1.42. The molecule has 0 saturated carbocycles. The Morgan fingerprint density at radius 1 is 1.19 bits per heavy atom. The van der Waals surface area contributed by atoms with Gasteiger partial charge in [0.1, 0.15) is 11.3 Å². The third kappa shape index (κ3) is 4.79. The molecule has 4 rings (SSSR count). The molecule has 1 aromatic heterocycles. The molecule has 1 atom stereocenters. The van der Waals surface area contributed by atoms with Crippen molar-refractivity contribution in [3.8, 4) is 0 Å². The lowest BCUT2D eigenvalue weighted by atomic mass is 9.95. The van der Waals surface area contributed by atoms with Crippen LogP contribution < -0.4 is 4.90 Å². The van der Waals surface area contributed by atoms with Crippen LogP contribution in [-0.4, -0.2) is 29.0 Å². The molecule has 0 bridgehead atoms. The molecule has 3 aromatic rings. The quantitative estimate of drug-likeness (QED) is 0.367. The molecule has 7 heteroatoms. The van der Waals surface area contributed by atoms with Crippen molar-refractivity contribution in [3.05, 3.63) is 69.5 Å². The van der Waals surface area contributed by atoms with Crippen molar-refractivity contribution in [1.82, 2.24) is 9.97 Å². The predicted molar refractivity (Wildman–Crippen MR) is 130 cm³/mol. The van der Waals surface area contributed by atoms with Gasteiger partial charge in [-0.25, -0.2) is 13.8 Å². The van der Waals surface area contributed by atoms with Crippen molar-refractivity contribution in [2.75, 3.05) is 18.0 Å². The summed E-state index contributed by atoms with van der Waals surface area (Å²) >= 11 is 13.2. The molecule has 32 heavy (non-hydrogen) atoms. The smallest absolute Gasteiger partial charge is 0.251 e. The van der Waals surface area contributed by atoms with E-state index in [9.17, 15) is 8.78 Å². The Balaban J connectivity index is 1.57. The van der Waals surface area contributed by atoms with Gasteiger partial charge in [0, 0.05) is 38.3 Å². The number of hydrogen-bond acceptors (Lipinski definition) is 2. The molecule has 2 heterocycles. The van der Waals surface area contributed by atoms with Gasteiger partial charge < -0.3 is 9.88 Å². The third-order valence-electron chi connectivity index (χ3n) is 6.15. The summed E-state index contributed by atoms with van der Waals surface area (Å²) in [4.78, 5) is 9.85. The van der Waals surface area contributed by atoms with Crippen LogP contribution in [-0.2, 0) is 6.42 Å². The number of aromatic amines is 1. The number of fused-ring (bicyclic) bond motifs is 1. The number of aromatic nitrogens is 2. The number of nitrogens with zero attached hydrogens (tertiary/aromatic N) is 2. The van der Waals surface area contributed by atoms with Gasteiger partial charge in [0.2, 0.25) is 0 Å². The first-order valence-electron chi connectivity index (χ1n) is 11.0. The Labute approximate surface area is 197 Å². The summed E-state index contributed by atoms with van der Waals surface area (Å²) in [6, 6.07) is 10.4. The van der Waals surface area contributed by atoms with Crippen LogP contribution in [0.1, 0.15) is 56.0 Å². The maximum Gasteiger partial charge on any atom is 0.251 e. The molecule has 0 radical (unpaired) electrons. The Bertz CT molecular complexity index is 1110. The molecule has 3 nitrogen and oxygen atoms in total. The van der Waals surface area contributed by atoms with Crippen LogP contribution in [0.15, 0.2) is 42.5 Å². The van der Waals surface area contributed by atoms with E-state index >= 15 is 0 Å². The monoisotopic (exact) mass is 477 g/mol. The first kappa shape index (κ1) is 23.1. The van der Waals surface area contributed by atoms with Crippen LogP contribution in [0.5, 0.6) is 0 Å². The molecule has 1 unspecified atom stereocenters. The normalized spacial score (nSPS) is 17.4. The van der Waals surface area contributed by atoms with Crippen molar-refractivity contribution < 1.29 is 8.78 Å². The van der Waals surface area contributed by atoms with Crippen LogP contribution in [0.25, 0.3) is 11.0 Å². The zero-order chi connectivity index (χ0) is 22.9. The predicted octanol–water partition coefficient (Wildman–Crippen LogP) is 7.77. The molecule has 1 N–H and O–H groups in total. The zero-order valence-electron chi connectivity index (χ0n) is 18.3. The number of H-pyrrole nitrogens is 1. The fourth-order valence-corrected chi connectivity index (χ4v) is 5.08. The molecule has 2 aromatic carbocycles. The molecule has 170 valence electrons. The van der Waals surface area contributed by atoms with Gasteiger partial charge >= 0.3 is 0 Å². The summed E-state index contributed by atoms with van der Waals surface area (Å²) in [5.41, 5.74) is 4.40. The first-order chi connectivity index (χ1) is 15.3. The van der Waals surface area contributed by atoms with E-state index in [0.29, 0.717) is 33.6 Å². The van der Waals surface area contributed by atoms with Gasteiger partial charge in [-0.2, -0.15) is 0 Å². The summed E-state index contributed by atoms with van der Waals surface area (Å²) < 4.78 is 27.1. The second-order valence-electron chi connectivity index (χ2n) is 8.40. The topological polar surface area (TPSA) is 31.9 Å². The average molecular weight is 478 g/mol. The van der Waals surface area contributed by atoms with Gasteiger partial charge in [0.25, 0.3) is 5.92 Å². The van der Waals surface area contributed by atoms with Gasteiger partial charge in [-0.1, -0.05) is 66.5 Å². The maximum atomic E-state index is 13.6. The van der Waals surface area contributed by atoms with Crippen LogP contribution in [0.4, 0.5) is 14.5 Å². The van der Waals surface area contributed by atoms with E-state index in [2.05, 4.69) is 48.3 Å². The van der Waals surface area contributed by atoms with Crippen LogP contribution in [0.3, 0.4) is 0 Å². The molecular weight excluding hydrogens is 451 g/mol. The van der Waals surface area contributed by atoms with E-state index in [1.165, 1.54) is 5.56 Å². The van der Waals surface area contributed by atoms with E-state index in [4.69, 9.17) is 28.2 Å². The Morgan fingerprint density at radius 2 is 1.88 bits per heavy atom. The van der Waals surface area contributed by atoms with E-state index in [1.54, 1.807) is 6.07 Å². The molecule has 0 aliphatic carbocycles. The largest absolute Gasteiger partial charge is 0.369 e. The molecule has 1 fully saturated rings. The standard InChI is InChI=1S/C25H27Cl2F2N3/c1-3-5-17(4-2)18-8-6-16(7-9-18)14-21-30-20-15-19(26)24(22(27)23(20)31-21)32-12-10-25(28,29)11-13-32/h3,5-9,15,17H,4,10-14H2,1-2H3,(H,30,31)/b5-3-. The number of halogens is 4. The van der Waals surface area contributed by atoms with Gasteiger partial charge in [-0.3, -0.25) is 0 Å². The van der Waals surface area contributed by atoms with Gasteiger partial charge in [-0.05, 0) is 30.5 Å². The van der Waals surface area contributed by atoms with Gasteiger partial charge in [0.15, 0.2) is 0 Å². The summed E-state index contributed by atoms with van der Waals surface area (Å²) in [6.07, 6.45) is 5.60. The fourth-order valence-electron chi connectivity index (χ4n) is 4.34. The number of piperidine rings is 1. The van der Waals surface area contributed by atoms with E-state index in [0.717, 1.165) is 23.3 Å². The van der Waals surface area contributed by atoms with Crippen molar-refractivity contribution in [3.63, 3.8) is 0 Å². The molecular formula is C25H27Cl2F2N3. The highest BCUT2D eigenvalue weighted by Gasteiger charge is 2.35. The van der Waals surface area contributed by atoms with E-state index in [-0.39, 0.29) is 25.9 Å². The number of benzene rings is 2. The number of hydrogen-bond donors (Lipinski definition) is 1. The third-order valence-corrected chi connectivity index (χ3v) is 6.80. The average Bonchev–Trinajstić information content (AvgIpc) is 3.16. The molecule has 1 aliphatic heterocycles. The maximum absolute atomic E-state index is 13.6. The number of nitrogens with one attached hydrogen (secondary N) is 1. The SMILES string of the molecule is C/C=C\C(CC)c1ccc(Cc2nc3c(Cl)c(N4CCC(F)(F)CC4)c(Cl)cc3[nH]2)cc1. The highest BCUT2D eigenvalue weighted by molar-refractivity contribution is 6.42. The second kappa shape index (κ2) is 9.40. The lowest BCUT2D eigenvalue weighted by Crippen LogP contribution is -2.39.